The van der Waals surface area contributed by atoms with Crippen molar-refractivity contribution >= 4 is 11.3 Å². The minimum atomic E-state index is 0.957. The van der Waals surface area contributed by atoms with Gasteiger partial charge in [0, 0.05) is 10.8 Å². The van der Waals surface area contributed by atoms with E-state index < -0.39 is 0 Å². The van der Waals surface area contributed by atoms with Crippen LogP contribution in [0, 0.1) is 30.1 Å². The number of nitriles is 1. The Morgan fingerprint density at radius 2 is 2.30 bits per heavy atom. The minimum absolute atomic E-state index is 0.957. The van der Waals surface area contributed by atoms with Crippen LogP contribution < -0.4 is 0 Å². The van der Waals surface area contributed by atoms with E-state index in [2.05, 4.69) is 11.8 Å². The minimum Gasteiger partial charge on any atom is -0.183 e. The standard InChI is InChI=1S/C8H5NS/c1-7-4-5-8(10-7)3-2-6-9/h4-5H,1H3. The van der Waals surface area contributed by atoms with Gasteiger partial charge in [0.25, 0.3) is 0 Å². The molecule has 0 bridgehead atoms. The van der Waals surface area contributed by atoms with Gasteiger partial charge in [0.15, 0.2) is 6.07 Å². The number of hydrogen-bond donors (Lipinski definition) is 0. The van der Waals surface area contributed by atoms with E-state index in [1.54, 1.807) is 17.4 Å². The van der Waals surface area contributed by atoms with Gasteiger partial charge in [-0.2, -0.15) is 5.26 Å². The van der Waals surface area contributed by atoms with Crippen molar-refractivity contribution in [3.8, 4) is 17.9 Å². The molecular formula is C8H5NS. The Balaban J connectivity index is 2.89. The molecule has 0 aliphatic heterocycles. The molecule has 10 heavy (non-hydrogen) atoms. The summed E-state index contributed by atoms with van der Waals surface area (Å²) in [7, 11) is 0. The summed E-state index contributed by atoms with van der Waals surface area (Å²) in [6, 6.07) is 5.68. The molecule has 1 rings (SSSR count). The maximum absolute atomic E-state index is 8.12. The van der Waals surface area contributed by atoms with Crippen LogP contribution in [-0.2, 0) is 0 Å². The molecule has 0 radical (unpaired) electrons. The van der Waals surface area contributed by atoms with Crippen molar-refractivity contribution < 1.29 is 0 Å². The Labute approximate surface area is 63.9 Å². The Morgan fingerprint density at radius 3 is 2.80 bits per heavy atom. The van der Waals surface area contributed by atoms with Crippen LogP contribution in [-0.4, -0.2) is 0 Å². The van der Waals surface area contributed by atoms with E-state index in [1.165, 1.54) is 4.88 Å². The van der Waals surface area contributed by atoms with Crippen molar-refractivity contribution in [2.75, 3.05) is 0 Å². The molecule has 1 nitrogen and oxygen atoms in total. The van der Waals surface area contributed by atoms with Crippen molar-refractivity contribution in [2.24, 2.45) is 0 Å². The summed E-state index contributed by atoms with van der Waals surface area (Å²) in [6.45, 7) is 2.02. The number of hydrogen-bond acceptors (Lipinski definition) is 2. The Hall–Kier alpha value is -1.25. The summed E-state index contributed by atoms with van der Waals surface area (Å²) in [5.41, 5.74) is 0. The third-order valence-corrected chi connectivity index (χ3v) is 1.90. The van der Waals surface area contributed by atoms with Gasteiger partial charge in [0.05, 0.1) is 4.88 Å². The van der Waals surface area contributed by atoms with Gasteiger partial charge < -0.3 is 0 Å². The van der Waals surface area contributed by atoms with E-state index in [9.17, 15) is 0 Å². The van der Waals surface area contributed by atoms with Gasteiger partial charge in [-0.05, 0) is 25.0 Å². The fraction of sp³-hybridized carbons (Fsp3) is 0.125. The summed E-state index contributed by atoms with van der Waals surface area (Å²) in [5, 5.41) is 8.12. The van der Waals surface area contributed by atoms with Crippen molar-refractivity contribution in [2.45, 2.75) is 6.92 Å². The molecule has 0 atom stereocenters. The molecule has 0 unspecified atom stereocenters. The lowest BCUT2D eigenvalue weighted by Crippen LogP contribution is -1.56. The van der Waals surface area contributed by atoms with Crippen molar-refractivity contribution in [3.63, 3.8) is 0 Å². The Kier molecular flexibility index (Phi) is 2.10. The average molecular weight is 147 g/mol. The highest BCUT2D eigenvalue weighted by molar-refractivity contribution is 7.12. The van der Waals surface area contributed by atoms with Crippen LogP contribution in [0.5, 0.6) is 0 Å². The zero-order valence-corrected chi connectivity index (χ0v) is 6.33. The highest BCUT2D eigenvalue weighted by atomic mass is 32.1. The molecule has 1 aromatic rings. The quantitative estimate of drug-likeness (QED) is 0.514. The van der Waals surface area contributed by atoms with Crippen LogP contribution in [0.25, 0.3) is 0 Å². The zero-order chi connectivity index (χ0) is 7.40. The van der Waals surface area contributed by atoms with Crippen molar-refractivity contribution in [1.82, 2.24) is 0 Å². The van der Waals surface area contributed by atoms with Crippen LogP contribution in [0.2, 0.25) is 0 Å². The molecule has 0 saturated carbocycles. The third-order valence-electron chi connectivity index (χ3n) is 0.982. The van der Waals surface area contributed by atoms with E-state index in [0.717, 1.165) is 4.88 Å². The van der Waals surface area contributed by atoms with Crippen molar-refractivity contribution in [3.05, 3.63) is 21.9 Å². The lowest BCUT2D eigenvalue weighted by molar-refractivity contribution is 1.55. The van der Waals surface area contributed by atoms with Crippen molar-refractivity contribution in [1.29, 1.82) is 5.26 Å². The molecule has 0 amide bonds. The van der Waals surface area contributed by atoms with Gasteiger partial charge >= 0.3 is 0 Å². The second-order valence-corrected chi connectivity index (χ2v) is 3.06. The largest absolute Gasteiger partial charge is 0.183 e. The summed E-state index contributed by atoms with van der Waals surface area (Å²) in [6.07, 6.45) is 0. The van der Waals surface area contributed by atoms with Gasteiger partial charge in [0.1, 0.15) is 0 Å². The Morgan fingerprint density at radius 1 is 1.50 bits per heavy atom. The summed E-state index contributed by atoms with van der Waals surface area (Å²) < 4.78 is 0. The third kappa shape index (κ3) is 1.62. The molecule has 0 N–H and O–H groups in total. The number of rotatable bonds is 0. The smallest absolute Gasteiger partial charge is 0.152 e. The molecular weight excluding hydrogens is 142 g/mol. The van der Waals surface area contributed by atoms with Gasteiger partial charge in [-0.15, -0.1) is 11.3 Å². The van der Waals surface area contributed by atoms with Crippen LogP contribution >= 0.6 is 11.3 Å². The lowest BCUT2D eigenvalue weighted by Gasteiger charge is -1.72. The first-order valence-electron chi connectivity index (χ1n) is 2.79. The van der Waals surface area contributed by atoms with Gasteiger partial charge in [0.2, 0.25) is 0 Å². The normalized spacial score (nSPS) is 7.60. The molecule has 0 saturated heterocycles. The maximum atomic E-state index is 8.12. The highest BCUT2D eigenvalue weighted by Crippen LogP contribution is 2.12. The van der Waals surface area contributed by atoms with Gasteiger partial charge in [-0.3, -0.25) is 0 Å². The first-order chi connectivity index (χ1) is 4.83. The van der Waals surface area contributed by atoms with E-state index in [0.29, 0.717) is 0 Å². The Bertz CT molecular complexity index is 319. The zero-order valence-electron chi connectivity index (χ0n) is 5.51. The van der Waals surface area contributed by atoms with E-state index in [-0.39, 0.29) is 0 Å². The topological polar surface area (TPSA) is 23.8 Å². The van der Waals surface area contributed by atoms with Gasteiger partial charge in [-0.1, -0.05) is 0 Å². The van der Waals surface area contributed by atoms with Crippen LogP contribution in [0.1, 0.15) is 9.75 Å². The molecule has 1 aromatic heterocycles. The molecule has 0 spiro atoms. The highest BCUT2D eigenvalue weighted by Gasteiger charge is 1.88. The fourth-order valence-corrected chi connectivity index (χ4v) is 1.31. The molecule has 48 valence electrons. The summed E-state index contributed by atoms with van der Waals surface area (Å²) in [4.78, 5) is 2.18. The van der Waals surface area contributed by atoms with Crippen LogP contribution in [0.3, 0.4) is 0 Å². The van der Waals surface area contributed by atoms with E-state index >= 15 is 0 Å². The molecule has 0 aliphatic rings. The molecule has 0 fully saturated rings. The number of thiophene rings is 1. The number of aryl methyl sites for hydroxylation is 1. The predicted octanol–water partition coefficient (Wildman–Crippen LogP) is 1.93. The maximum Gasteiger partial charge on any atom is 0.152 e. The molecule has 0 aliphatic carbocycles. The summed E-state index contributed by atoms with van der Waals surface area (Å²) in [5.74, 6) is 5.07. The predicted molar refractivity (Wildman–Crippen MR) is 41.5 cm³/mol. The van der Waals surface area contributed by atoms with Crippen LogP contribution in [0.4, 0.5) is 0 Å². The first-order valence-corrected chi connectivity index (χ1v) is 3.61. The monoisotopic (exact) mass is 147 g/mol. The molecule has 1 heterocycles. The number of nitrogens with zero attached hydrogens (tertiary/aromatic N) is 1. The molecule has 0 aromatic carbocycles. The first kappa shape index (κ1) is 6.86. The SMILES string of the molecule is Cc1ccc(C#CC#N)s1. The second-order valence-electron chi connectivity index (χ2n) is 1.77. The fourth-order valence-electron chi connectivity index (χ4n) is 0.591. The average Bonchev–Trinajstić information content (AvgIpc) is 2.31. The van der Waals surface area contributed by atoms with E-state index in [1.807, 2.05) is 19.1 Å². The van der Waals surface area contributed by atoms with Gasteiger partial charge in [-0.25, -0.2) is 0 Å². The molecule has 2 heteroatoms. The summed E-state index contributed by atoms with van der Waals surface area (Å²) >= 11 is 1.60. The van der Waals surface area contributed by atoms with Crippen LogP contribution in [0.15, 0.2) is 12.1 Å². The van der Waals surface area contributed by atoms with E-state index in [4.69, 9.17) is 5.26 Å². The second kappa shape index (κ2) is 3.06. The lowest BCUT2D eigenvalue weighted by atomic mass is 10.4.